The molecule has 0 unspecified atom stereocenters. The van der Waals surface area contributed by atoms with Crippen LogP contribution in [-0.4, -0.2) is 11.9 Å². The van der Waals surface area contributed by atoms with Gasteiger partial charge < -0.3 is 16.0 Å². The summed E-state index contributed by atoms with van der Waals surface area (Å²) in [6.45, 7) is 5.64. The van der Waals surface area contributed by atoms with Crippen LogP contribution in [0.5, 0.6) is 0 Å². The third-order valence-corrected chi connectivity index (χ3v) is 4.48. The SMILES string of the molecule is CC1=C(C(=O)Nc2ccc(C)c(C)c2)[C@@H](c2ccc(F)cc2)NC(=O)N1. The van der Waals surface area contributed by atoms with Crippen LogP contribution in [0.15, 0.2) is 53.7 Å². The molecule has 1 aliphatic rings. The van der Waals surface area contributed by atoms with Gasteiger partial charge in [0.2, 0.25) is 0 Å². The molecule has 2 aromatic carbocycles. The molecule has 0 saturated carbocycles. The largest absolute Gasteiger partial charge is 0.327 e. The number of allylic oxidation sites excluding steroid dienone is 1. The number of anilines is 1. The van der Waals surface area contributed by atoms with Crippen molar-refractivity contribution >= 4 is 17.6 Å². The molecule has 3 rings (SSSR count). The summed E-state index contributed by atoms with van der Waals surface area (Å²) in [5.41, 5.74) is 4.35. The van der Waals surface area contributed by atoms with Gasteiger partial charge in [0.1, 0.15) is 5.82 Å². The van der Waals surface area contributed by atoms with Crippen LogP contribution in [0.4, 0.5) is 14.9 Å². The van der Waals surface area contributed by atoms with Crippen LogP contribution in [-0.2, 0) is 4.79 Å². The second-order valence-corrected chi connectivity index (χ2v) is 6.37. The van der Waals surface area contributed by atoms with E-state index in [0.717, 1.165) is 11.1 Å². The highest BCUT2D eigenvalue weighted by Crippen LogP contribution is 2.28. The Kier molecular flexibility index (Phi) is 4.75. The molecule has 26 heavy (non-hydrogen) atoms. The second-order valence-electron chi connectivity index (χ2n) is 6.37. The van der Waals surface area contributed by atoms with Crippen LogP contribution in [0, 0.1) is 19.7 Å². The van der Waals surface area contributed by atoms with Gasteiger partial charge in [0, 0.05) is 11.4 Å². The number of benzene rings is 2. The maximum Gasteiger partial charge on any atom is 0.319 e. The lowest BCUT2D eigenvalue weighted by Crippen LogP contribution is -2.45. The van der Waals surface area contributed by atoms with Crippen LogP contribution in [0.25, 0.3) is 0 Å². The zero-order valence-corrected chi connectivity index (χ0v) is 14.8. The van der Waals surface area contributed by atoms with E-state index >= 15 is 0 Å². The van der Waals surface area contributed by atoms with Gasteiger partial charge >= 0.3 is 6.03 Å². The van der Waals surface area contributed by atoms with Gasteiger partial charge in [-0.2, -0.15) is 0 Å². The molecule has 1 atom stereocenters. The van der Waals surface area contributed by atoms with Gasteiger partial charge in [-0.3, -0.25) is 4.79 Å². The van der Waals surface area contributed by atoms with Crippen LogP contribution >= 0.6 is 0 Å². The molecule has 134 valence electrons. The molecular formula is C20H20FN3O2. The van der Waals surface area contributed by atoms with Crippen LogP contribution in [0.3, 0.4) is 0 Å². The van der Waals surface area contributed by atoms with Gasteiger partial charge in [-0.1, -0.05) is 18.2 Å². The maximum absolute atomic E-state index is 13.2. The molecule has 0 aliphatic carbocycles. The standard InChI is InChI=1S/C20H20FN3O2/c1-11-4-9-16(10-12(11)2)23-19(25)17-13(3)22-20(26)24-18(17)14-5-7-15(21)8-6-14/h4-10,18H,1-3H3,(H,23,25)(H2,22,24,26)/t18-/m1/s1. The number of amides is 3. The first-order valence-electron chi connectivity index (χ1n) is 8.27. The van der Waals surface area contributed by atoms with E-state index in [-0.39, 0.29) is 11.7 Å². The number of urea groups is 1. The fourth-order valence-electron chi connectivity index (χ4n) is 2.92. The number of hydrogen-bond acceptors (Lipinski definition) is 2. The van der Waals surface area contributed by atoms with Gasteiger partial charge in [-0.15, -0.1) is 0 Å². The van der Waals surface area contributed by atoms with Crippen molar-refractivity contribution in [2.45, 2.75) is 26.8 Å². The molecule has 5 nitrogen and oxygen atoms in total. The molecule has 0 aromatic heterocycles. The average Bonchev–Trinajstić information content (AvgIpc) is 2.58. The van der Waals surface area contributed by atoms with Gasteiger partial charge in [0.05, 0.1) is 11.6 Å². The van der Waals surface area contributed by atoms with E-state index < -0.39 is 12.1 Å². The highest BCUT2D eigenvalue weighted by molar-refractivity contribution is 6.06. The minimum absolute atomic E-state index is 0.326. The summed E-state index contributed by atoms with van der Waals surface area (Å²) in [4.78, 5) is 24.8. The molecule has 0 saturated heterocycles. The van der Waals surface area contributed by atoms with E-state index in [1.165, 1.54) is 12.1 Å². The minimum Gasteiger partial charge on any atom is -0.327 e. The van der Waals surface area contributed by atoms with Crippen LogP contribution < -0.4 is 16.0 Å². The summed E-state index contributed by atoms with van der Waals surface area (Å²) < 4.78 is 13.2. The van der Waals surface area contributed by atoms with Crippen molar-refractivity contribution in [3.8, 4) is 0 Å². The van der Waals surface area contributed by atoms with E-state index in [0.29, 0.717) is 22.5 Å². The number of carbonyl (C=O) groups excluding carboxylic acids is 2. The molecular weight excluding hydrogens is 333 g/mol. The third kappa shape index (κ3) is 3.59. The van der Waals surface area contributed by atoms with E-state index in [1.54, 1.807) is 19.1 Å². The van der Waals surface area contributed by atoms with Crippen molar-refractivity contribution in [1.29, 1.82) is 0 Å². The fraction of sp³-hybridized carbons (Fsp3) is 0.200. The van der Waals surface area contributed by atoms with Crippen molar-refractivity contribution < 1.29 is 14.0 Å². The molecule has 6 heteroatoms. The predicted molar refractivity (Wildman–Crippen MR) is 98.1 cm³/mol. The number of rotatable bonds is 3. The number of halogens is 1. The number of nitrogens with one attached hydrogen (secondary N) is 3. The molecule has 1 aliphatic heterocycles. The van der Waals surface area contributed by atoms with Crippen molar-refractivity contribution in [1.82, 2.24) is 10.6 Å². The zero-order chi connectivity index (χ0) is 18.8. The third-order valence-electron chi connectivity index (χ3n) is 4.48. The topological polar surface area (TPSA) is 70.2 Å². The molecule has 0 spiro atoms. The molecule has 2 aromatic rings. The first-order chi connectivity index (χ1) is 12.3. The lowest BCUT2D eigenvalue weighted by atomic mass is 9.94. The predicted octanol–water partition coefficient (Wildman–Crippen LogP) is 3.71. The average molecular weight is 353 g/mol. The van der Waals surface area contributed by atoms with E-state index in [9.17, 15) is 14.0 Å². The Morgan fingerprint density at radius 1 is 1.04 bits per heavy atom. The zero-order valence-electron chi connectivity index (χ0n) is 14.8. The van der Waals surface area contributed by atoms with E-state index in [1.807, 2.05) is 32.0 Å². The highest BCUT2D eigenvalue weighted by Gasteiger charge is 2.31. The Morgan fingerprint density at radius 2 is 1.73 bits per heavy atom. The van der Waals surface area contributed by atoms with Gasteiger partial charge in [0.15, 0.2) is 0 Å². The monoisotopic (exact) mass is 353 g/mol. The van der Waals surface area contributed by atoms with Gasteiger partial charge in [0.25, 0.3) is 5.91 Å². The number of carbonyl (C=O) groups is 2. The summed E-state index contributed by atoms with van der Waals surface area (Å²) in [5.74, 6) is -0.705. The number of hydrogen-bond donors (Lipinski definition) is 3. The Morgan fingerprint density at radius 3 is 2.38 bits per heavy atom. The molecule has 3 N–H and O–H groups in total. The molecule has 0 bridgehead atoms. The Balaban J connectivity index is 1.93. The van der Waals surface area contributed by atoms with Gasteiger partial charge in [-0.25, -0.2) is 9.18 Å². The van der Waals surface area contributed by atoms with Crippen molar-refractivity contribution in [2.75, 3.05) is 5.32 Å². The maximum atomic E-state index is 13.2. The first kappa shape index (κ1) is 17.7. The summed E-state index contributed by atoms with van der Waals surface area (Å²) in [5, 5.41) is 8.22. The first-order valence-corrected chi connectivity index (χ1v) is 8.27. The van der Waals surface area contributed by atoms with Crippen LogP contribution in [0.2, 0.25) is 0 Å². The quantitative estimate of drug-likeness (QED) is 0.787. The Bertz CT molecular complexity index is 904. The van der Waals surface area contributed by atoms with Crippen molar-refractivity contribution in [2.24, 2.45) is 0 Å². The summed E-state index contributed by atoms with van der Waals surface area (Å²) in [7, 11) is 0. The molecule has 1 heterocycles. The van der Waals surface area contributed by atoms with Crippen molar-refractivity contribution in [3.05, 3.63) is 76.2 Å². The summed E-state index contributed by atoms with van der Waals surface area (Å²) in [6, 6.07) is 10.3. The normalized spacial score (nSPS) is 16.8. The lowest BCUT2D eigenvalue weighted by molar-refractivity contribution is -0.113. The molecule has 3 amide bonds. The van der Waals surface area contributed by atoms with E-state index in [2.05, 4.69) is 16.0 Å². The van der Waals surface area contributed by atoms with E-state index in [4.69, 9.17) is 0 Å². The number of aryl methyl sites for hydroxylation is 2. The Hall–Kier alpha value is -3.15. The summed E-state index contributed by atoms with van der Waals surface area (Å²) in [6.07, 6.45) is 0. The summed E-state index contributed by atoms with van der Waals surface area (Å²) >= 11 is 0. The smallest absolute Gasteiger partial charge is 0.319 e. The lowest BCUT2D eigenvalue weighted by Gasteiger charge is -2.28. The molecule has 0 radical (unpaired) electrons. The molecule has 0 fully saturated rings. The van der Waals surface area contributed by atoms with Crippen LogP contribution in [0.1, 0.15) is 29.7 Å². The van der Waals surface area contributed by atoms with Crippen molar-refractivity contribution in [3.63, 3.8) is 0 Å². The highest BCUT2D eigenvalue weighted by atomic mass is 19.1. The van der Waals surface area contributed by atoms with Gasteiger partial charge in [-0.05, 0) is 61.7 Å². The Labute approximate surface area is 151 Å². The minimum atomic E-state index is -0.657. The second kappa shape index (κ2) is 7.00. The fourth-order valence-corrected chi connectivity index (χ4v) is 2.92.